The number of hydrogen-bond acceptors (Lipinski definition) is 11. The van der Waals surface area contributed by atoms with Crippen LogP contribution in [0.4, 0.5) is 14.6 Å². The molecule has 5 aliphatic rings. The van der Waals surface area contributed by atoms with Gasteiger partial charge in [0.1, 0.15) is 34.0 Å². The fourth-order valence-corrected chi connectivity index (χ4v) is 9.68. The molecule has 9 rings (SSSR count). The van der Waals surface area contributed by atoms with E-state index in [9.17, 15) is 10.2 Å². The Hall–Kier alpha value is -3.91. The third-order valence-corrected chi connectivity index (χ3v) is 12.3. The number of pyridine rings is 1. The zero-order valence-corrected chi connectivity index (χ0v) is 28.7. The number of phenols is 1. The molecule has 270 valence electrons. The Bertz CT molecular complexity index is 1990. The first-order valence-electron chi connectivity index (χ1n) is 18.1. The number of hydrogen-bond donors (Lipinski definition) is 2. The van der Waals surface area contributed by atoms with Crippen LogP contribution in [0.3, 0.4) is 0 Å². The Morgan fingerprint density at radius 2 is 1.84 bits per heavy atom. The number of aromatic hydroxyl groups is 1. The van der Waals surface area contributed by atoms with Crippen LogP contribution in [0.1, 0.15) is 44.9 Å². The van der Waals surface area contributed by atoms with Crippen LogP contribution in [0.5, 0.6) is 17.6 Å². The second-order valence-electron chi connectivity index (χ2n) is 15.2. The van der Waals surface area contributed by atoms with Gasteiger partial charge in [0.05, 0.1) is 46.2 Å². The first-order valence-corrected chi connectivity index (χ1v) is 18.1. The van der Waals surface area contributed by atoms with Crippen LogP contribution in [0, 0.1) is 22.5 Å². The van der Waals surface area contributed by atoms with Gasteiger partial charge in [-0.15, -0.1) is 0 Å². The lowest BCUT2D eigenvalue weighted by molar-refractivity contribution is -0.218. The molecule has 2 saturated carbocycles. The molecule has 4 unspecified atom stereocenters. The smallest absolute Gasteiger partial charge is 0.319 e. The predicted octanol–water partition coefficient (Wildman–Crippen LogP) is 5.23. The van der Waals surface area contributed by atoms with Gasteiger partial charge in [-0.2, -0.15) is 9.97 Å². The zero-order valence-electron chi connectivity index (χ0n) is 28.7. The lowest BCUT2D eigenvalue weighted by Gasteiger charge is -2.62. The number of benzene rings is 2. The second-order valence-corrected chi connectivity index (χ2v) is 15.2. The number of rotatable bonds is 7. The van der Waals surface area contributed by atoms with Crippen molar-refractivity contribution in [3.05, 3.63) is 42.0 Å². The molecule has 2 aliphatic carbocycles. The van der Waals surface area contributed by atoms with Crippen molar-refractivity contribution in [2.75, 3.05) is 64.7 Å². The highest BCUT2D eigenvalue weighted by molar-refractivity contribution is 6.02. The second kappa shape index (κ2) is 12.6. The van der Waals surface area contributed by atoms with Gasteiger partial charge in [-0.25, -0.2) is 13.8 Å². The molecular weight excluding hydrogens is 660 g/mol. The number of aliphatic hydroxyl groups excluding tert-OH is 1. The number of likely N-dealkylation sites (tertiary alicyclic amines) is 1. The average molecular weight is 704 g/mol. The monoisotopic (exact) mass is 703 g/mol. The Kier molecular flexibility index (Phi) is 8.17. The summed E-state index contributed by atoms with van der Waals surface area (Å²) in [6.45, 7) is 4.19. The van der Waals surface area contributed by atoms with Gasteiger partial charge < -0.3 is 34.1 Å². The maximum atomic E-state index is 17.1. The molecule has 0 bridgehead atoms. The SMILES string of the molecule is COc1nc(-c2cc(O)cc3cccc(F)c23)c(F)c2nc(OCC34CCCC3N(C3CCC35COC5)CCC4)nc(N3CCOCC(O)C3)c12. The largest absolute Gasteiger partial charge is 0.508 e. The third-order valence-electron chi connectivity index (χ3n) is 12.3. The van der Waals surface area contributed by atoms with E-state index in [1.807, 2.05) is 4.90 Å². The summed E-state index contributed by atoms with van der Waals surface area (Å²) < 4.78 is 56.0. The number of phenolic OH excluding ortho intramolecular Hbond substituents is 1. The van der Waals surface area contributed by atoms with Crippen molar-refractivity contribution in [3.8, 4) is 28.9 Å². The van der Waals surface area contributed by atoms with Gasteiger partial charge in [0, 0.05) is 47.0 Å². The number of β-amino-alcohol motifs (C(OH)–C–C–N with tert-alkyl or cyclic N) is 1. The van der Waals surface area contributed by atoms with Crippen LogP contribution in [0.25, 0.3) is 32.9 Å². The molecule has 2 aromatic heterocycles. The van der Waals surface area contributed by atoms with Gasteiger partial charge in [0.2, 0.25) is 5.88 Å². The Labute approximate surface area is 294 Å². The highest BCUT2D eigenvalue weighted by Crippen LogP contribution is 2.56. The number of aromatic nitrogens is 3. The Morgan fingerprint density at radius 1 is 0.980 bits per heavy atom. The van der Waals surface area contributed by atoms with Crippen molar-refractivity contribution in [3.63, 3.8) is 0 Å². The number of methoxy groups -OCH3 is 1. The lowest BCUT2D eigenvalue weighted by atomic mass is 9.60. The molecular formula is C38H43F2N5O6. The van der Waals surface area contributed by atoms with Crippen molar-refractivity contribution in [1.82, 2.24) is 19.9 Å². The summed E-state index contributed by atoms with van der Waals surface area (Å²) in [5, 5.41) is 22.0. The van der Waals surface area contributed by atoms with Gasteiger partial charge in [-0.3, -0.25) is 4.90 Å². The molecule has 51 heavy (non-hydrogen) atoms. The van der Waals surface area contributed by atoms with Crippen LogP contribution in [-0.4, -0.2) is 108 Å². The van der Waals surface area contributed by atoms with Crippen molar-refractivity contribution in [2.24, 2.45) is 10.8 Å². The number of ether oxygens (including phenoxy) is 4. The van der Waals surface area contributed by atoms with Crippen LogP contribution in [0.2, 0.25) is 0 Å². The van der Waals surface area contributed by atoms with Gasteiger partial charge >= 0.3 is 6.01 Å². The standard InChI is InChI=1S/C38H43F2N5O6/c1-48-35-30-33(31(40)32(41-35)25-16-23(46)15-22-5-2-6-26(39)29(22)25)42-36(43-34(30)44-13-14-49-18-24(47)17-44)51-21-37-9-3-7-27(37)45(12-4-10-37)28-8-11-38(28)19-50-20-38/h2,5-6,15-16,24,27-28,46-47H,3-4,7-14,17-21H2,1H3. The van der Waals surface area contributed by atoms with Crippen LogP contribution in [-0.2, 0) is 9.47 Å². The number of anilines is 1. The summed E-state index contributed by atoms with van der Waals surface area (Å²) in [5.74, 6) is -1.27. The molecule has 13 heteroatoms. The normalized spacial score (nSPS) is 27.6. The summed E-state index contributed by atoms with van der Waals surface area (Å²) in [7, 11) is 1.41. The zero-order chi connectivity index (χ0) is 34.9. The molecule has 4 atom stereocenters. The first kappa shape index (κ1) is 33.0. The van der Waals surface area contributed by atoms with E-state index in [1.165, 1.54) is 44.2 Å². The minimum absolute atomic E-state index is 0.00635. The quantitative estimate of drug-likeness (QED) is 0.263. The van der Waals surface area contributed by atoms with Crippen LogP contribution >= 0.6 is 0 Å². The highest BCUT2D eigenvalue weighted by atomic mass is 19.1. The molecule has 4 aromatic rings. The minimum atomic E-state index is -0.833. The van der Waals surface area contributed by atoms with Crippen molar-refractivity contribution in [2.45, 2.75) is 63.1 Å². The summed E-state index contributed by atoms with van der Waals surface area (Å²) in [4.78, 5) is 18.6. The maximum absolute atomic E-state index is 17.1. The number of fused-ring (bicyclic) bond motifs is 3. The molecule has 5 fully saturated rings. The topological polar surface area (TPSA) is 123 Å². The molecule has 0 amide bonds. The number of aliphatic hydroxyl groups is 1. The van der Waals surface area contributed by atoms with Crippen molar-refractivity contribution >= 4 is 27.5 Å². The minimum Gasteiger partial charge on any atom is -0.508 e. The van der Waals surface area contributed by atoms with E-state index in [1.54, 1.807) is 6.07 Å². The van der Waals surface area contributed by atoms with E-state index in [0.717, 1.165) is 51.9 Å². The van der Waals surface area contributed by atoms with E-state index in [2.05, 4.69) is 14.9 Å². The highest BCUT2D eigenvalue weighted by Gasteiger charge is 2.59. The Morgan fingerprint density at radius 3 is 2.63 bits per heavy atom. The molecule has 0 radical (unpaired) electrons. The van der Waals surface area contributed by atoms with Crippen LogP contribution in [0.15, 0.2) is 30.3 Å². The van der Waals surface area contributed by atoms with Crippen molar-refractivity contribution < 1.29 is 37.9 Å². The van der Waals surface area contributed by atoms with Gasteiger partial charge in [0.25, 0.3) is 0 Å². The van der Waals surface area contributed by atoms with Gasteiger partial charge in [-0.1, -0.05) is 18.6 Å². The van der Waals surface area contributed by atoms with Gasteiger partial charge in [-0.05, 0) is 68.7 Å². The average Bonchev–Trinajstić information content (AvgIpc) is 3.40. The number of nitrogens with zero attached hydrogens (tertiary/aromatic N) is 5. The molecule has 2 N–H and O–H groups in total. The summed E-state index contributed by atoms with van der Waals surface area (Å²) in [6.07, 6.45) is 7.00. The van der Waals surface area contributed by atoms with E-state index in [0.29, 0.717) is 48.5 Å². The van der Waals surface area contributed by atoms with Crippen LogP contribution < -0.4 is 14.4 Å². The number of piperidine rings is 1. The lowest BCUT2D eigenvalue weighted by Crippen LogP contribution is -2.68. The molecule has 1 spiro atoms. The molecule has 11 nitrogen and oxygen atoms in total. The maximum Gasteiger partial charge on any atom is 0.319 e. The van der Waals surface area contributed by atoms with E-state index < -0.39 is 17.7 Å². The number of halogens is 2. The van der Waals surface area contributed by atoms with E-state index in [4.69, 9.17) is 23.9 Å². The van der Waals surface area contributed by atoms with Gasteiger partial charge in [0.15, 0.2) is 5.82 Å². The first-order chi connectivity index (χ1) is 24.8. The molecule has 2 aromatic carbocycles. The molecule has 3 saturated heterocycles. The van der Waals surface area contributed by atoms with E-state index >= 15 is 8.78 Å². The molecule has 3 aliphatic heterocycles. The summed E-state index contributed by atoms with van der Waals surface area (Å²) >= 11 is 0. The molecule has 5 heterocycles. The summed E-state index contributed by atoms with van der Waals surface area (Å²) in [6, 6.07) is 8.10. The predicted molar refractivity (Wildman–Crippen MR) is 185 cm³/mol. The third kappa shape index (κ3) is 5.38. The summed E-state index contributed by atoms with van der Waals surface area (Å²) in [5.41, 5.74) is -0.0650. The Balaban J connectivity index is 1.15. The fourth-order valence-electron chi connectivity index (χ4n) is 9.68. The van der Waals surface area contributed by atoms with E-state index in [-0.39, 0.29) is 63.8 Å². The van der Waals surface area contributed by atoms with Crippen molar-refractivity contribution in [1.29, 1.82) is 0 Å². The fraction of sp³-hybridized carbons (Fsp3) is 0.553.